The van der Waals surface area contributed by atoms with Gasteiger partial charge in [0.1, 0.15) is 0 Å². The van der Waals surface area contributed by atoms with E-state index < -0.39 is 0 Å². The molecule has 1 atom stereocenters. The van der Waals surface area contributed by atoms with Crippen LogP contribution in [0.1, 0.15) is 63.9 Å². The predicted octanol–water partition coefficient (Wildman–Crippen LogP) is 5.39. The molecule has 0 bridgehead atoms. The van der Waals surface area contributed by atoms with E-state index in [1.165, 1.54) is 44.1 Å². The van der Waals surface area contributed by atoms with Crippen molar-refractivity contribution >= 4 is 11.6 Å². The summed E-state index contributed by atoms with van der Waals surface area (Å²) in [6.45, 7) is 5.49. The zero-order chi connectivity index (χ0) is 14.4. The minimum absolute atomic E-state index is 0.533. The summed E-state index contributed by atoms with van der Waals surface area (Å²) in [6, 6.07) is 8.95. The van der Waals surface area contributed by atoms with Crippen LogP contribution in [0.4, 0.5) is 0 Å². The van der Waals surface area contributed by atoms with Gasteiger partial charge in [0.05, 0.1) is 0 Å². The van der Waals surface area contributed by atoms with Crippen molar-refractivity contribution in [1.82, 2.24) is 5.32 Å². The summed E-state index contributed by atoms with van der Waals surface area (Å²) in [5, 5.41) is 4.57. The zero-order valence-electron chi connectivity index (χ0n) is 12.9. The highest BCUT2D eigenvalue weighted by Gasteiger charge is 2.25. The normalized spacial score (nSPS) is 19.0. The highest BCUT2D eigenvalue weighted by Crippen LogP contribution is 2.37. The van der Waals surface area contributed by atoms with Crippen LogP contribution in [-0.2, 0) is 0 Å². The Balaban J connectivity index is 2.16. The molecule has 0 aromatic heterocycles. The Labute approximate surface area is 129 Å². The Morgan fingerprint density at radius 2 is 1.75 bits per heavy atom. The SMILES string of the molecule is CC(C)NCC(c1ccccc1Cl)C1CCCCCC1. The van der Waals surface area contributed by atoms with E-state index in [4.69, 9.17) is 11.6 Å². The first kappa shape index (κ1) is 15.9. The van der Waals surface area contributed by atoms with Crippen molar-refractivity contribution in [3.05, 3.63) is 34.9 Å². The van der Waals surface area contributed by atoms with Crippen LogP contribution in [0.15, 0.2) is 24.3 Å². The Morgan fingerprint density at radius 3 is 2.35 bits per heavy atom. The van der Waals surface area contributed by atoms with Crippen molar-refractivity contribution in [2.75, 3.05) is 6.54 Å². The number of nitrogens with one attached hydrogen (secondary N) is 1. The topological polar surface area (TPSA) is 12.0 Å². The van der Waals surface area contributed by atoms with Crippen molar-refractivity contribution in [2.45, 2.75) is 64.3 Å². The first-order valence-corrected chi connectivity index (χ1v) is 8.54. The second-order valence-corrected chi connectivity index (χ2v) is 6.85. The van der Waals surface area contributed by atoms with Gasteiger partial charge in [-0.2, -0.15) is 0 Å². The molecule has 20 heavy (non-hydrogen) atoms. The van der Waals surface area contributed by atoms with Crippen LogP contribution in [0.25, 0.3) is 0 Å². The van der Waals surface area contributed by atoms with Crippen LogP contribution in [-0.4, -0.2) is 12.6 Å². The van der Waals surface area contributed by atoms with Gasteiger partial charge in [0.2, 0.25) is 0 Å². The summed E-state index contributed by atoms with van der Waals surface area (Å²) in [5.74, 6) is 1.34. The van der Waals surface area contributed by atoms with Crippen LogP contribution in [0.2, 0.25) is 5.02 Å². The van der Waals surface area contributed by atoms with Crippen molar-refractivity contribution in [2.24, 2.45) is 5.92 Å². The Morgan fingerprint density at radius 1 is 1.10 bits per heavy atom. The molecule has 1 aliphatic carbocycles. The largest absolute Gasteiger partial charge is 0.314 e. The lowest BCUT2D eigenvalue weighted by Crippen LogP contribution is -2.31. The summed E-state index contributed by atoms with van der Waals surface area (Å²) in [6.07, 6.45) is 8.29. The third kappa shape index (κ3) is 4.49. The van der Waals surface area contributed by atoms with Crippen LogP contribution in [0, 0.1) is 5.92 Å². The summed E-state index contributed by atoms with van der Waals surface area (Å²) in [7, 11) is 0. The minimum Gasteiger partial charge on any atom is -0.314 e. The summed E-state index contributed by atoms with van der Waals surface area (Å²) in [5.41, 5.74) is 1.34. The fourth-order valence-electron chi connectivity index (χ4n) is 3.38. The summed E-state index contributed by atoms with van der Waals surface area (Å²) in [4.78, 5) is 0. The van der Waals surface area contributed by atoms with Gasteiger partial charge >= 0.3 is 0 Å². The molecule has 1 aromatic carbocycles. The van der Waals surface area contributed by atoms with Gasteiger partial charge in [-0.05, 0) is 30.4 Å². The maximum Gasteiger partial charge on any atom is 0.0441 e. The summed E-state index contributed by atoms with van der Waals surface area (Å²) >= 11 is 6.47. The molecule has 0 saturated heterocycles. The second-order valence-electron chi connectivity index (χ2n) is 6.44. The maximum absolute atomic E-state index is 6.47. The van der Waals surface area contributed by atoms with E-state index in [0.717, 1.165) is 17.5 Å². The zero-order valence-corrected chi connectivity index (χ0v) is 13.6. The molecule has 1 N–H and O–H groups in total. The first-order chi connectivity index (χ1) is 9.68. The van der Waals surface area contributed by atoms with Gasteiger partial charge in [-0.25, -0.2) is 0 Å². The molecule has 112 valence electrons. The lowest BCUT2D eigenvalue weighted by molar-refractivity contribution is 0.353. The Kier molecular flexibility index (Phi) is 6.38. The van der Waals surface area contributed by atoms with E-state index >= 15 is 0 Å². The number of rotatable bonds is 5. The van der Waals surface area contributed by atoms with Gasteiger partial charge in [-0.1, -0.05) is 69.3 Å². The van der Waals surface area contributed by atoms with Crippen LogP contribution < -0.4 is 5.32 Å². The van der Waals surface area contributed by atoms with Gasteiger partial charge in [0.15, 0.2) is 0 Å². The highest BCUT2D eigenvalue weighted by atomic mass is 35.5. The van der Waals surface area contributed by atoms with Crippen LogP contribution >= 0.6 is 11.6 Å². The van der Waals surface area contributed by atoms with Gasteiger partial charge in [0.25, 0.3) is 0 Å². The molecule has 0 heterocycles. The maximum atomic E-state index is 6.47. The van der Waals surface area contributed by atoms with Crippen molar-refractivity contribution in [3.63, 3.8) is 0 Å². The number of halogens is 1. The molecule has 0 amide bonds. The van der Waals surface area contributed by atoms with Crippen molar-refractivity contribution < 1.29 is 0 Å². The third-order valence-electron chi connectivity index (χ3n) is 4.52. The molecule has 0 aliphatic heterocycles. The lowest BCUT2D eigenvalue weighted by Gasteiger charge is -2.28. The molecule has 2 rings (SSSR count). The molecule has 1 fully saturated rings. The van der Waals surface area contributed by atoms with Crippen LogP contribution in [0.5, 0.6) is 0 Å². The van der Waals surface area contributed by atoms with E-state index in [2.05, 4.69) is 31.3 Å². The lowest BCUT2D eigenvalue weighted by atomic mass is 9.81. The molecule has 1 aliphatic rings. The second kappa shape index (κ2) is 8.05. The fourth-order valence-corrected chi connectivity index (χ4v) is 3.66. The molecule has 1 aromatic rings. The summed E-state index contributed by atoms with van der Waals surface area (Å²) < 4.78 is 0. The number of benzene rings is 1. The molecule has 2 heteroatoms. The van der Waals surface area contributed by atoms with Gasteiger partial charge in [-0.15, -0.1) is 0 Å². The van der Waals surface area contributed by atoms with E-state index in [1.807, 2.05) is 12.1 Å². The molecule has 0 radical (unpaired) electrons. The van der Waals surface area contributed by atoms with E-state index in [9.17, 15) is 0 Å². The molecule has 1 saturated carbocycles. The van der Waals surface area contributed by atoms with Crippen LogP contribution in [0.3, 0.4) is 0 Å². The van der Waals surface area contributed by atoms with Gasteiger partial charge < -0.3 is 5.32 Å². The smallest absolute Gasteiger partial charge is 0.0441 e. The molecular weight excluding hydrogens is 266 g/mol. The molecule has 0 spiro atoms. The fraction of sp³-hybridized carbons (Fsp3) is 0.667. The monoisotopic (exact) mass is 293 g/mol. The van der Waals surface area contributed by atoms with Gasteiger partial charge in [0, 0.05) is 23.5 Å². The van der Waals surface area contributed by atoms with E-state index in [0.29, 0.717) is 12.0 Å². The van der Waals surface area contributed by atoms with E-state index in [-0.39, 0.29) is 0 Å². The van der Waals surface area contributed by atoms with Crippen molar-refractivity contribution in [3.8, 4) is 0 Å². The number of hydrogen-bond donors (Lipinski definition) is 1. The Hall–Kier alpha value is -0.530. The average Bonchev–Trinajstić information content (AvgIpc) is 2.70. The third-order valence-corrected chi connectivity index (χ3v) is 4.86. The number of hydrogen-bond acceptors (Lipinski definition) is 1. The quantitative estimate of drug-likeness (QED) is 0.718. The molecular formula is C18H28ClN. The Bertz CT molecular complexity index is 394. The average molecular weight is 294 g/mol. The molecule has 1 unspecified atom stereocenters. The van der Waals surface area contributed by atoms with E-state index in [1.54, 1.807) is 0 Å². The highest BCUT2D eigenvalue weighted by molar-refractivity contribution is 6.31. The molecule has 1 nitrogen and oxygen atoms in total. The minimum atomic E-state index is 0.533. The first-order valence-electron chi connectivity index (χ1n) is 8.16. The standard InChI is InChI=1S/C18H28ClN/c1-14(2)20-13-17(15-9-5-3-4-6-10-15)16-11-7-8-12-18(16)19/h7-8,11-12,14-15,17,20H,3-6,9-10,13H2,1-2H3. The van der Waals surface area contributed by atoms with Gasteiger partial charge in [-0.3, -0.25) is 0 Å². The van der Waals surface area contributed by atoms with Crippen molar-refractivity contribution in [1.29, 1.82) is 0 Å². The predicted molar refractivity (Wildman–Crippen MR) is 88.5 cm³/mol.